The molecule has 2 rings (SSSR count). The van der Waals surface area contributed by atoms with Crippen molar-refractivity contribution in [3.63, 3.8) is 0 Å². The summed E-state index contributed by atoms with van der Waals surface area (Å²) < 4.78 is 19.1. The lowest BCUT2D eigenvalue weighted by Gasteiger charge is -2.32. The summed E-state index contributed by atoms with van der Waals surface area (Å²) in [4.78, 5) is 25.0. The normalized spacial score (nSPS) is 22.4. The van der Waals surface area contributed by atoms with Gasteiger partial charge in [0.05, 0.1) is 6.54 Å². The molecule has 1 N–H and O–H groups in total. The molecular weight excluding hydrogens is 273 g/mol. The maximum Gasteiger partial charge on any atom is 0.407 e. The third-order valence-electron chi connectivity index (χ3n) is 2.95. The van der Waals surface area contributed by atoms with Gasteiger partial charge in [0.25, 0.3) is 0 Å². The number of carboxylic acid groups (broad SMARTS) is 1. The predicted octanol–water partition coefficient (Wildman–Crippen LogP) is 1.46. The van der Waals surface area contributed by atoms with E-state index in [0.717, 1.165) is 17.2 Å². The van der Waals surface area contributed by atoms with E-state index in [-0.39, 0.29) is 31.1 Å². The molecule has 1 amide bonds. The van der Waals surface area contributed by atoms with E-state index >= 15 is 0 Å². The highest BCUT2D eigenvalue weighted by molar-refractivity contribution is 5.65. The van der Waals surface area contributed by atoms with Crippen LogP contribution in [-0.2, 0) is 0 Å². The number of amides is 1. The Morgan fingerprint density at radius 3 is 2.85 bits per heavy atom. The molecule has 0 radical (unpaired) electrons. The van der Waals surface area contributed by atoms with Gasteiger partial charge in [0.2, 0.25) is 0 Å². The van der Waals surface area contributed by atoms with Crippen LogP contribution in [0.3, 0.4) is 0 Å². The molecule has 2 atom stereocenters. The standard InChI is InChI=1S/C11H12FN3O5/c12-8-6-14(11(16)17)4-3-9(8)20-7-1-2-10(13-5-7)15(18)19/h1-2,5,8-9H,3-4,6H2,(H,16,17)/t8-,9-/m1/s1. The minimum atomic E-state index is -1.45. The van der Waals surface area contributed by atoms with Gasteiger partial charge in [-0.05, 0) is 16.0 Å². The second-order valence-electron chi connectivity index (χ2n) is 4.30. The second-order valence-corrected chi connectivity index (χ2v) is 4.30. The number of aromatic nitrogens is 1. The van der Waals surface area contributed by atoms with Gasteiger partial charge in [0, 0.05) is 19.0 Å². The number of ether oxygens (including phenoxy) is 1. The molecule has 1 aliphatic heterocycles. The summed E-state index contributed by atoms with van der Waals surface area (Å²) >= 11 is 0. The first-order chi connectivity index (χ1) is 9.47. The SMILES string of the molecule is O=C(O)N1CC[C@@H](Oc2ccc([N+](=O)[O-])nc2)[C@H](F)C1. The molecule has 8 nitrogen and oxygen atoms in total. The molecule has 20 heavy (non-hydrogen) atoms. The second kappa shape index (κ2) is 5.68. The van der Waals surface area contributed by atoms with Gasteiger partial charge in [-0.2, -0.15) is 0 Å². The summed E-state index contributed by atoms with van der Waals surface area (Å²) in [6.07, 6.45) is -2.04. The average Bonchev–Trinajstić information content (AvgIpc) is 2.41. The van der Waals surface area contributed by atoms with E-state index < -0.39 is 23.3 Å². The van der Waals surface area contributed by atoms with Crippen molar-refractivity contribution in [3.8, 4) is 5.75 Å². The molecule has 0 aromatic carbocycles. The van der Waals surface area contributed by atoms with Gasteiger partial charge in [-0.25, -0.2) is 9.18 Å². The van der Waals surface area contributed by atoms with Crippen LogP contribution >= 0.6 is 0 Å². The molecule has 0 saturated carbocycles. The van der Waals surface area contributed by atoms with Crippen molar-refractivity contribution in [3.05, 3.63) is 28.4 Å². The van der Waals surface area contributed by atoms with Crippen LogP contribution in [0.4, 0.5) is 15.0 Å². The minimum absolute atomic E-state index is 0.181. The summed E-state index contributed by atoms with van der Waals surface area (Å²) in [6, 6.07) is 2.50. The zero-order valence-electron chi connectivity index (χ0n) is 10.3. The number of piperidine rings is 1. The highest BCUT2D eigenvalue weighted by Gasteiger charge is 2.33. The fourth-order valence-corrected chi connectivity index (χ4v) is 1.91. The average molecular weight is 285 g/mol. The summed E-state index contributed by atoms with van der Waals surface area (Å²) in [5, 5.41) is 19.2. The Balaban J connectivity index is 1.97. The van der Waals surface area contributed by atoms with Gasteiger partial charge >= 0.3 is 11.9 Å². The van der Waals surface area contributed by atoms with Gasteiger partial charge in [0.15, 0.2) is 18.1 Å². The van der Waals surface area contributed by atoms with Crippen LogP contribution in [0.25, 0.3) is 0 Å². The monoisotopic (exact) mass is 285 g/mol. The van der Waals surface area contributed by atoms with Crippen LogP contribution in [0.2, 0.25) is 0 Å². The molecule has 2 heterocycles. The fraction of sp³-hybridized carbons (Fsp3) is 0.455. The van der Waals surface area contributed by atoms with Crippen molar-refractivity contribution in [2.75, 3.05) is 13.1 Å². The van der Waals surface area contributed by atoms with Crippen molar-refractivity contribution in [1.29, 1.82) is 0 Å². The van der Waals surface area contributed by atoms with E-state index in [4.69, 9.17) is 9.84 Å². The smallest absolute Gasteiger partial charge is 0.407 e. The number of carbonyl (C=O) groups is 1. The molecule has 1 fully saturated rings. The molecule has 1 aromatic heterocycles. The first kappa shape index (κ1) is 14.0. The lowest BCUT2D eigenvalue weighted by molar-refractivity contribution is -0.389. The van der Waals surface area contributed by atoms with Crippen LogP contribution in [0.1, 0.15) is 6.42 Å². The van der Waals surface area contributed by atoms with Crippen molar-refractivity contribution < 1.29 is 24.0 Å². The Morgan fingerprint density at radius 1 is 1.60 bits per heavy atom. The third-order valence-corrected chi connectivity index (χ3v) is 2.95. The molecular formula is C11H12FN3O5. The summed E-state index contributed by atoms with van der Waals surface area (Å²) in [7, 11) is 0. The molecule has 1 aromatic rings. The van der Waals surface area contributed by atoms with Gasteiger partial charge in [-0.3, -0.25) is 0 Å². The Bertz CT molecular complexity index is 509. The fourth-order valence-electron chi connectivity index (χ4n) is 1.91. The number of rotatable bonds is 3. The number of nitro groups is 1. The first-order valence-corrected chi connectivity index (χ1v) is 5.86. The maximum absolute atomic E-state index is 13.8. The Hall–Kier alpha value is -2.45. The lowest BCUT2D eigenvalue weighted by atomic mass is 10.1. The Morgan fingerprint density at radius 2 is 2.35 bits per heavy atom. The quantitative estimate of drug-likeness (QED) is 0.665. The molecule has 9 heteroatoms. The molecule has 0 bridgehead atoms. The first-order valence-electron chi connectivity index (χ1n) is 5.86. The number of hydrogen-bond acceptors (Lipinski definition) is 5. The van der Waals surface area contributed by atoms with Crippen molar-refractivity contribution in [2.45, 2.75) is 18.7 Å². The molecule has 0 aliphatic carbocycles. The highest BCUT2D eigenvalue weighted by atomic mass is 19.1. The number of halogens is 1. The van der Waals surface area contributed by atoms with Gasteiger partial charge in [-0.1, -0.05) is 0 Å². The summed E-state index contributed by atoms with van der Waals surface area (Å²) in [5.41, 5.74) is 0. The highest BCUT2D eigenvalue weighted by Crippen LogP contribution is 2.22. The van der Waals surface area contributed by atoms with Crippen molar-refractivity contribution in [1.82, 2.24) is 9.88 Å². The van der Waals surface area contributed by atoms with Crippen LogP contribution < -0.4 is 4.74 Å². The van der Waals surface area contributed by atoms with E-state index in [1.807, 2.05) is 0 Å². The molecule has 1 saturated heterocycles. The molecule has 1 aliphatic rings. The van der Waals surface area contributed by atoms with Gasteiger partial charge in [0.1, 0.15) is 6.10 Å². The van der Waals surface area contributed by atoms with E-state index in [0.29, 0.717) is 0 Å². The Kier molecular flexibility index (Phi) is 3.97. The summed E-state index contributed by atoms with van der Waals surface area (Å²) in [6.45, 7) is -0.0682. The molecule has 108 valence electrons. The predicted molar refractivity (Wildman–Crippen MR) is 64.4 cm³/mol. The number of hydrogen-bond donors (Lipinski definition) is 1. The van der Waals surface area contributed by atoms with E-state index in [1.165, 1.54) is 6.07 Å². The van der Waals surface area contributed by atoms with Crippen LogP contribution in [-0.4, -0.2) is 51.4 Å². The number of pyridine rings is 1. The lowest BCUT2D eigenvalue weighted by Crippen LogP contribution is -2.48. The summed E-state index contributed by atoms with van der Waals surface area (Å²) in [5.74, 6) is -0.109. The minimum Gasteiger partial charge on any atom is -0.483 e. The van der Waals surface area contributed by atoms with E-state index in [9.17, 15) is 19.3 Å². The molecule has 0 unspecified atom stereocenters. The van der Waals surface area contributed by atoms with Crippen molar-refractivity contribution in [2.24, 2.45) is 0 Å². The van der Waals surface area contributed by atoms with Gasteiger partial charge < -0.3 is 24.9 Å². The van der Waals surface area contributed by atoms with Crippen LogP contribution in [0, 0.1) is 10.1 Å². The Labute approximate surface area is 112 Å². The van der Waals surface area contributed by atoms with Crippen LogP contribution in [0.15, 0.2) is 18.3 Å². The topological polar surface area (TPSA) is 106 Å². The van der Waals surface area contributed by atoms with E-state index in [2.05, 4.69) is 4.98 Å². The number of alkyl halides is 1. The van der Waals surface area contributed by atoms with E-state index in [1.54, 1.807) is 0 Å². The maximum atomic E-state index is 13.8. The third kappa shape index (κ3) is 3.11. The number of nitrogens with zero attached hydrogens (tertiary/aromatic N) is 3. The number of likely N-dealkylation sites (tertiary alicyclic amines) is 1. The zero-order chi connectivity index (χ0) is 14.7. The van der Waals surface area contributed by atoms with Crippen LogP contribution in [0.5, 0.6) is 5.75 Å². The van der Waals surface area contributed by atoms with Crippen molar-refractivity contribution >= 4 is 11.9 Å². The zero-order valence-corrected chi connectivity index (χ0v) is 10.3. The largest absolute Gasteiger partial charge is 0.483 e. The molecule has 0 spiro atoms. The van der Waals surface area contributed by atoms with Gasteiger partial charge in [-0.15, -0.1) is 0 Å².